The van der Waals surface area contributed by atoms with Crippen molar-refractivity contribution in [1.82, 2.24) is 0 Å². The van der Waals surface area contributed by atoms with Gasteiger partial charge in [-0.05, 0) is 100 Å². The monoisotopic (exact) mass is 539 g/mol. The summed E-state index contributed by atoms with van der Waals surface area (Å²) in [5.41, 5.74) is 5.68. The molecule has 1 aromatic rings. The van der Waals surface area contributed by atoms with Crippen LogP contribution < -0.4 is 0 Å². The summed E-state index contributed by atoms with van der Waals surface area (Å²) in [6, 6.07) is 1.39. The molecule has 0 radical (unpaired) electrons. The second kappa shape index (κ2) is 14.8. The number of rotatable bonds is 8. The summed E-state index contributed by atoms with van der Waals surface area (Å²) in [4.78, 5) is 17.4. The highest BCUT2D eigenvalue weighted by Gasteiger charge is 2.22. The lowest BCUT2D eigenvalue weighted by Gasteiger charge is -2.25. The zero-order chi connectivity index (χ0) is 27.6. The third-order valence-electron chi connectivity index (χ3n) is 8.82. The number of carbonyl (C=O) groups is 1. The maximum Gasteiger partial charge on any atom is 0.132 e. The van der Waals surface area contributed by atoms with Crippen LogP contribution in [-0.4, -0.2) is 12.0 Å². The fourth-order valence-corrected chi connectivity index (χ4v) is 6.59. The minimum atomic E-state index is -0.918. The summed E-state index contributed by atoms with van der Waals surface area (Å²) >= 11 is 0. The summed E-state index contributed by atoms with van der Waals surface area (Å²) in [6.07, 6.45) is 22.9. The first-order valence-corrected chi connectivity index (χ1v) is 15.2. The van der Waals surface area contributed by atoms with Gasteiger partial charge in [-0.2, -0.15) is 0 Å². The van der Waals surface area contributed by atoms with Crippen molar-refractivity contribution in [3.63, 3.8) is 0 Å². The van der Waals surface area contributed by atoms with Crippen molar-refractivity contribution in [2.45, 2.75) is 116 Å². The Morgan fingerprint density at radius 2 is 1.64 bits per heavy atom. The molecule has 1 unspecified atom stereocenters. The van der Waals surface area contributed by atoms with E-state index in [1.165, 1.54) is 61.8 Å². The van der Waals surface area contributed by atoms with Crippen LogP contribution in [0, 0.1) is 29.3 Å². The van der Waals surface area contributed by atoms with Crippen LogP contribution in [0.2, 0.25) is 0 Å². The molecule has 1 atom stereocenters. The van der Waals surface area contributed by atoms with Crippen molar-refractivity contribution in [2.24, 2.45) is 16.8 Å². The Balaban J connectivity index is 1.24. The molecule has 1 heterocycles. The summed E-state index contributed by atoms with van der Waals surface area (Å²) < 4.78 is 40.7. The van der Waals surface area contributed by atoms with Gasteiger partial charge in [0.2, 0.25) is 0 Å². The van der Waals surface area contributed by atoms with Crippen LogP contribution in [-0.2, 0) is 11.2 Å². The van der Waals surface area contributed by atoms with Crippen LogP contribution in [0.5, 0.6) is 0 Å². The maximum absolute atomic E-state index is 13.8. The average Bonchev–Trinajstić information content (AvgIpc) is 3.12. The quantitative estimate of drug-likeness (QED) is 0.323. The smallest absolute Gasteiger partial charge is 0.132 e. The number of aliphatic imine (C=N–C) groups is 1. The van der Waals surface area contributed by atoms with E-state index in [0.717, 1.165) is 38.5 Å². The largest absolute Gasteiger partial charge is 0.300 e. The van der Waals surface area contributed by atoms with E-state index in [-0.39, 0.29) is 17.8 Å². The molecule has 0 amide bonds. The van der Waals surface area contributed by atoms with Crippen LogP contribution >= 0.6 is 0 Å². The molecule has 2 aliphatic carbocycles. The van der Waals surface area contributed by atoms with Crippen molar-refractivity contribution in [1.29, 1.82) is 0 Å². The molecule has 5 heteroatoms. The Morgan fingerprint density at radius 1 is 0.923 bits per heavy atom. The minimum Gasteiger partial charge on any atom is -0.300 e. The molecular formula is C34H44F3NO. The van der Waals surface area contributed by atoms with Gasteiger partial charge in [-0.1, -0.05) is 43.9 Å². The molecule has 39 heavy (non-hydrogen) atoms. The van der Waals surface area contributed by atoms with Crippen LogP contribution in [0.15, 0.2) is 51.7 Å². The van der Waals surface area contributed by atoms with Gasteiger partial charge in [-0.3, -0.25) is 9.79 Å². The van der Waals surface area contributed by atoms with Gasteiger partial charge < -0.3 is 0 Å². The molecular weight excluding hydrogens is 495 g/mol. The standard InChI is InChI=1S/C34H44F3NO/c1-24-10-9-21-38-34(30-19-4-2-3-18-29(24)30)26-14-5-11-25(12-6-15-26)13-7-16-28(39)17-8-20-31-32(36)22-27(35)23-33(31)37/h4,19,21-25H,2-3,5-18,20H2,1H3. The second-order valence-corrected chi connectivity index (χ2v) is 11.8. The number of benzene rings is 1. The van der Waals surface area contributed by atoms with Gasteiger partial charge in [0.25, 0.3) is 0 Å². The van der Waals surface area contributed by atoms with E-state index in [4.69, 9.17) is 4.99 Å². The molecule has 0 N–H and O–H groups in total. The lowest BCUT2D eigenvalue weighted by molar-refractivity contribution is -0.119. The van der Waals surface area contributed by atoms with Crippen molar-refractivity contribution >= 4 is 12.0 Å². The van der Waals surface area contributed by atoms with Crippen LogP contribution in [0.1, 0.15) is 115 Å². The van der Waals surface area contributed by atoms with Gasteiger partial charge in [0, 0.05) is 36.8 Å². The van der Waals surface area contributed by atoms with Gasteiger partial charge in [-0.25, -0.2) is 13.2 Å². The van der Waals surface area contributed by atoms with Crippen LogP contribution in [0.4, 0.5) is 13.2 Å². The Hall–Kier alpha value is -2.43. The molecule has 4 rings (SSSR count). The fraction of sp³-hybridized carbons (Fsp3) is 0.588. The zero-order valence-corrected chi connectivity index (χ0v) is 23.6. The molecule has 1 aromatic carbocycles. The van der Waals surface area contributed by atoms with E-state index in [0.29, 0.717) is 43.2 Å². The van der Waals surface area contributed by atoms with E-state index < -0.39 is 17.5 Å². The third-order valence-corrected chi connectivity index (χ3v) is 8.82. The number of ketones is 1. The van der Waals surface area contributed by atoms with Crippen molar-refractivity contribution in [3.05, 3.63) is 69.7 Å². The summed E-state index contributed by atoms with van der Waals surface area (Å²) in [7, 11) is 0. The highest BCUT2D eigenvalue weighted by molar-refractivity contribution is 5.78. The Kier molecular flexibility index (Phi) is 11.2. The van der Waals surface area contributed by atoms with E-state index >= 15 is 0 Å². The SMILES string of the molecule is CC1CCC=NC(=C2CCCC(CCCC(=O)CCCc3c(F)cc(F)cc3F)CCC2)C2=C1CCCC=C2. The normalized spacial score (nSPS) is 22.6. The number of hydrogen-bond donors (Lipinski definition) is 0. The molecule has 212 valence electrons. The maximum atomic E-state index is 13.8. The zero-order valence-electron chi connectivity index (χ0n) is 23.6. The first-order valence-electron chi connectivity index (χ1n) is 15.2. The van der Waals surface area contributed by atoms with Gasteiger partial charge in [0.1, 0.15) is 23.2 Å². The van der Waals surface area contributed by atoms with E-state index in [9.17, 15) is 18.0 Å². The first-order chi connectivity index (χ1) is 18.9. The predicted molar refractivity (Wildman–Crippen MR) is 153 cm³/mol. The number of carbonyl (C=O) groups excluding carboxylic acids is 1. The first kappa shape index (κ1) is 29.6. The topological polar surface area (TPSA) is 29.4 Å². The highest BCUT2D eigenvalue weighted by Crippen LogP contribution is 2.38. The molecule has 0 spiro atoms. The summed E-state index contributed by atoms with van der Waals surface area (Å²) in [5, 5.41) is 0. The second-order valence-electron chi connectivity index (χ2n) is 11.8. The van der Waals surface area contributed by atoms with Gasteiger partial charge in [0.05, 0.1) is 5.70 Å². The number of halogens is 3. The predicted octanol–water partition coefficient (Wildman–Crippen LogP) is 9.93. The van der Waals surface area contributed by atoms with Gasteiger partial charge in [-0.15, -0.1) is 0 Å². The Morgan fingerprint density at radius 3 is 2.38 bits per heavy atom. The van der Waals surface area contributed by atoms with Crippen molar-refractivity contribution < 1.29 is 18.0 Å². The number of Topliss-reactive ketones (excluding diaryl/α,β-unsaturated/α-hetero) is 1. The van der Waals surface area contributed by atoms with Crippen LogP contribution in [0.3, 0.4) is 0 Å². The number of nitrogens with zero attached hydrogens (tertiary/aromatic N) is 1. The number of allylic oxidation sites excluding steroid dienone is 4. The molecule has 2 nitrogen and oxygen atoms in total. The lowest BCUT2D eigenvalue weighted by Crippen LogP contribution is -2.10. The average molecular weight is 540 g/mol. The number of hydrogen-bond acceptors (Lipinski definition) is 2. The molecule has 0 aromatic heterocycles. The Bertz CT molecular complexity index is 1090. The molecule has 0 saturated heterocycles. The van der Waals surface area contributed by atoms with Crippen molar-refractivity contribution in [2.75, 3.05) is 0 Å². The molecule has 1 aliphatic heterocycles. The highest BCUT2D eigenvalue weighted by atomic mass is 19.1. The van der Waals surface area contributed by atoms with E-state index in [1.54, 1.807) is 5.57 Å². The molecule has 3 aliphatic rings. The molecule has 1 saturated carbocycles. The summed E-state index contributed by atoms with van der Waals surface area (Å²) in [5.74, 6) is -1.24. The van der Waals surface area contributed by atoms with Crippen LogP contribution in [0.25, 0.3) is 0 Å². The van der Waals surface area contributed by atoms with Crippen molar-refractivity contribution in [3.8, 4) is 0 Å². The van der Waals surface area contributed by atoms with E-state index in [2.05, 4.69) is 25.3 Å². The van der Waals surface area contributed by atoms with Gasteiger partial charge in [0.15, 0.2) is 0 Å². The minimum absolute atomic E-state index is 0.112. The lowest BCUT2D eigenvalue weighted by atomic mass is 9.82. The van der Waals surface area contributed by atoms with Gasteiger partial charge >= 0.3 is 0 Å². The molecule has 0 bridgehead atoms. The third kappa shape index (κ3) is 8.53. The van der Waals surface area contributed by atoms with E-state index in [1.807, 2.05) is 0 Å². The molecule has 1 fully saturated rings. The fourth-order valence-electron chi connectivity index (χ4n) is 6.59. The summed E-state index contributed by atoms with van der Waals surface area (Å²) in [6.45, 7) is 2.38. The Labute approximate surface area is 232 Å².